The van der Waals surface area contributed by atoms with Gasteiger partial charge in [0.2, 0.25) is 0 Å². The van der Waals surface area contributed by atoms with Crippen molar-refractivity contribution in [3.05, 3.63) is 57.5 Å². The van der Waals surface area contributed by atoms with Crippen molar-refractivity contribution in [2.45, 2.75) is 58.3 Å². The first kappa shape index (κ1) is 22.7. The molecule has 1 N–H and O–H groups in total. The van der Waals surface area contributed by atoms with Crippen LogP contribution in [-0.2, 0) is 15.6 Å². The van der Waals surface area contributed by atoms with Crippen LogP contribution < -0.4 is 10.2 Å². The average Bonchev–Trinajstić information content (AvgIpc) is 3.02. The van der Waals surface area contributed by atoms with Crippen LogP contribution in [-0.4, -0.2) is 25.2 Å². The van der Waals surface area contributed by atoms with E-state index in [9.17, 15) is 9.59 Å². The van der Waals surface area contributed by atoms with Gasteiger partial charge in [0, 0.05) is 25.3 Å². The van der Waals surface area contributed by atoms with Crippen molar-refractivity contribution < 1.29 is 9.59 Å². The van der Waals surface area contributed by atoms with Crippen LogP contribution in [0.25, 0.3) is 17.2 Å². The van der Waals surface area contributed by atoms with Gasteiger partial charge in [0.1, 0.15) is 0 Å². The van der Waals surface area contributed by atoms with Gasteiger partial charge in [-0.05, 0) is 88.4 Å². The molecule has 1 fully saturated rings. The largest absolute Gasteiger partial charge is 0.377 e. The fourth-order valence-electron chi connectivity index (χ4n) is 4.82. The molecule has 2 aromatic carbocycles. The molecule has 0 bridgehead atoms. The smallest absolute Gasteiger partial charge is 0.290 e. The summed E-state index contributed by atoms with van der Waals surface area (Å²) in [6.45, 7) is 11.6. The summed E-state index contributed by atoms with van der Waals surface area (Å²) in [5.41, 5.74) is 8.95. The summed E-state index contributed by atoms with van der Waals surface area (Å²) in [6, 6.07) is 11.1. The molecule has 1 aliphatic carbocycles. The third-order valence-corrected chi connectivity index (χ3v) is 7.74. The number of hydrogen-bond donors (Lipinski definition) is 1. The van der Waals surface area contributed by atoms with Crippen molar-refractivity contribution in [1.82, 2.24) is 5.32 Å². The summed E-state index contributed by atoms with van der Waals surface area (Å²) in [5.74, 6) is -0.328. The molecule has 168 valence electrons. The second-order valence-electron chi connectivity index (χ2n) is 10.5. The third-order valence-electron chi connectivity index (χ3n) is 6.93. The Morgan fingerprint density at radius 1 is 0.938 bits per heavy atom. The third kappa shape index (κ3) is 3.99. The molecule has 0 unspecified atom stereocenters. The quantitative estimate of drug-likeness (QED) is 0.552. The van der Waals surface area contributed by atoms with Crippen molar-refractivity contribution in [1.29, 1.82) is 0 Å². The minimum atomic E-state index is -0.328. The molecule has 4 nitrogen and oxygen atoms in total. The summed E-state index contributed by atoms with van der Waals surface area (Å²) in [4.78, 5) is 26.0. The highest BCUT2D eigenvalue weighted by Crippen LogP contribution is 2.48. The van der Waals surface area contributed by atoms with Gasteiger partial charge in [-0.25, -0.2) is 0 Å². The number of amides is 2. The Bertz CT molecular complexity index is 1160. The zero-order valence-corrected chi connectivity index (χ0v) is 20.9. The predicted molar refractivity (Wildman–Crippen MR) is 135 cm³/mol. The normalized spacial score (nSPS) is 20.3. The average molecular weight is 449 g/mol. The summed E-state index contributed by atoms with van der Waals surface area (Å²) < 4.78 is 0. The highest BCUT2D eigenvalue weighted by Gasteiger charge is 2.37. The van der Waals surface area contributed by atoms with E-state index in [0.29, 0.717) is 4.91 Å². The lowest BCUT2D eigenvalue weighted by atomic mass is 9.62. The van der Waals surface area contributed by atoms with E-state index in [0.717, 1.165) is 23.0 Å². The summed E-state index contributed by atoms with van der Waals surface area (Å²) in [6.07, 6.45) is 4.17. The first-order valence-electron chi connectivity index (χ1n) is 11.1. The number of nitrogens with zero attached hydrogens (tertiary/aromatic N) is 1. The molecule has 5 heteroatoms. The number of nitrogens with one attached hydrogen (secondary N) is 1. The maximum Gasteiger partial charge on any atom is 0.290 e. The fourth-order valence-corrected chi connectivity index (χ4v) is 5.50. The van der Waals surface area contributed by atoms with Crippen LogP contribution in [0.2, 0.25) is 0 Å². The Morgan fingerprint density at radius 2 is 1.56 bits per heavy atom. The summed E-state index contributed by atoms with van der Waals surface area (Å²) in [5, 5.41) is 2.00. The van der Waals surface area contributed by atoms with Gasteiger partial charge in [-0.1, -0.05) is 45.9 Å². The summed E-state index contributed by atoms with van der Waals surface area (Å²) >= 11 is 0.949. The van der Waals surface area contributed by atoms with E-state index in [-0.39, 0.29) is 22.0 Å². The number of anilines is 1. The zero-order chi connectivity index (χ0) is 23.4. The Morgan fingerprint density at radius 3 is 2.12 bits per heavy atom. The topological polar surface area (TPSA) is 49.4 Å². The fraction of sp³-hybridized carbons (Fsp3) is 0.407. The van der Waals surface area contributed by atoms with E-state index in [1.165, 1.54) is 40.7 Å². The predicted octanol–water partition coefficient (Wildman–Crippen LogP) is 6.40. The minimum absolute atomic E-state index is 0.148. The van der Waals surface area contributed by atoms with E-state index >= 15 is 0 Å². The molecule has 0 spiro atoms. The molecule has 0 radical (unpaired) electrons. The highest BCUT2D eigenvalue weighted by atomic mass is 32.2. The number of benzene rings is 2. The molecule has 1 saturated heterocycles. The maximum absolute atomic E-state index is 12.0. The van der Waals surface area contributed by atoms with Gasteiger partial charge in [0.25, 0.3) is 11.1 Å². The summed E-state index contributed by atoms with van der Waals surface area (Å²) in [7, 11) is 4.08. The Balaban J connectivity index is 1.85. The van der Waals surface area contributed by atoms with E-state index in [1.54, 1.807) is 6.08 Å². The number of thioether (sulfide) groups is 1. The van der Waals surface area contributed by atoms with E-state index in [2.05, 4.69) is 69.1 Å². The lowest BCUT2D eigenvalue weighted by Crippen LogP contribution is -2.34. The van der Waals surface area contributed by atoms with Crippen molar-refractivity contribution >= 4 is 34.7 Å². The zero-order valence-electron chi connectivity index (χ0n) is 20.1. The van der Waals surface area contributed by atoms with Crippen LogP contribution in [0.5, 0.6) is 0 Å². The highest BCUT2D eigenvalue weighted by molar-refractivity contribution is 8.18. The molecule has 0 atom stereocenters. The first-order valence-corrected chi connectivity index (χ1v) is 11.9. The Hall–Kier alpha value is -2.53. The van der Waals surface area contributed by atoms with Crippen LogP contribution in [0.15, 0.2) is 35.2 Å². The van der Waals surface area contributed by atoms with Crippen LogP contribution in [0.3, 0.4) is 0 Å². The van der Waals surface area contributed by atoms with Crippen molar-refractivity contribution in [3.63, 3.8) is 0 Å². The molecule has 1 aliphatic heterocycles. The van der Waals surface area contributed by atoms with Crippen LogP contribution >= 0.6 is 11.8 Å². The van der Waals surface area contributed by atoms with Gasteiger partial charge in [0.15, 0.2) is 0 Å². The molecular formula is C27H32N2O2S. The van der Waals surface area contributed by atoms with Crippen LogP contribution in [0, 0.1) is 6.92 Å². The molecule has 4 rings (SSSR count). The Labute approximate surface area is 195 Å². The molecule has 32 heavy (non-hydrogen) atoms. The number of hydrogen-bond acceptors (Lipinski definition) is 4. The van der Waals surface area contributed by atoms with E-state index < -0.39 is 0 Å². The van der Waals surface area contributed by atoms with Crippen LogP contribution in [0.1, 0.15) is 62.8 Å². The van der Waals surface area contributed by atoms with Crippen molar-refractivity contribution in [3.8, 4) is 11.1 Å². The molecule has 2 aliphatic rings. The second kappa shape index (κ2) is 7.80. The number of fused-ring (bicyclic) bond motifs is 1. The molecule has 0 saturated carbocycles. The maximum atomic E-state index is 12.0. The standard InChI is InChI=1S/C27H32N2O2S/c1-16-12-20-21(27(4,5)11-10-26(20,2)3)15-19(16)18-9-8-17(13-22(18)29(6)7)14-23-24(30)28-25(31)32-23/h8-9,12-15H,10-11H2,1-7H3,(H,28,30,31). The van der Waals surface area contributed by atoms with Crippen molar-refractivity contribution in [2.24, 2.45) is 0 Å². The number of imide groups is 1. The van der Waals surface area contributed by atoms with Gasteiger partial charge in [0.05, 0.1) is 4.91 Å². The SMILES string of the molecule is Cc1cc2c(cc1-c1ccc(C=C3SC(=O)NC3=O)cc1N(C)C)C(C)(C)CCC2(C)C. The number of carbonyl (C=O) groups is 2. The van der Waals surface area contributed by atoms with Crippen molar-refractivity contribution in [2.75, 3.05) is 19.0 Å². The van der Waals surface area contributed by atoms with Gasteiger partial charge in [-0.15, -0.1) is 0 Å². The van der Waals surface area contributed by atoms with Gasteiger partial charge in [-0.2, -0.15) is 0 Å². The molecule has 0 aromatic heterocycles. The number of aryl methyl sites for hydroxylation is 1. The molecular weight excluding hydrogens is 416 g/mol. The molecule has 2 aromatic rings. The van der Waals surface area contributed by atoms with Gasteiger partial charge >= 0.3 is 0 Å². The van der Waals surface area contributed by atoms with Gasteiger partial charge < -0.3 is 4.90 Å². The van der Waals surface area contributed by atoms with E-state index in [1.807, 2.05) is 20.2 Å². The van der Waals surface area contributed by atoms with E-state index in [4.69, 9.17) is 0 Å². The molecule has 1 heterocycles. The molecule has 2 amide bonds. The lowest BCUT2D eigenvalue weighted by molar-refractivity contribution is -0.115. The van der Waals surface area contributed by atoms with Gasteiger partial charge in [-0.3, -0.25) is 14.9 Å². The van der Waals surface area contributed by atoms with Crippen LogP contribution in [0.4, 0.5) is 10.5 Å². The minimum Gasteiger partial charge on any atom is -0.377 e. The first-order chi connectivity index (χ1) is 14.9. The monoisotopic (exact) mass is 448 g/mol. The second-order valence-corrected chi connectivity index (χ2v) is 11.5. The Kier molecular flexibility index (Phi) is 5.52. The lowest BCUT2D eigenvalue weighted by Gasteiger charge is -2.42. The number of rotatable bonds is 3. The number of carbonyl (C=O) groups excluding carboxylic acids is 2.